The molecule has 3 N–H and O–H groups in total. The van der Waals surface area contributed by atoms with Crippen molar-refractivity contribution in [3.8, 4) is 11.8 Å². The minimum Gasteiger partial charge on any atom is -0.351 e. The van der Waals surface area contributed by atoms with Crippen molar-refractivity contribution in [1.29, 1.82) is 0 Å². The van der Waals surface area contributed by atoms with Gasteiger partial charge in [-0.15, -0.1) is 11.8 Å². The number of carbonyl (C=O) groups excluding carboxylic acids is 1. The third kappa shape index (κ3) is 3.78. The summed E-state index contributed by atoms with van der Waals surface area (Å²) in [4.78, 5) is 12.2. The number of nitrogens with two attached hydrogens (primary N) is 1. The Labute approximate surface area is 124 Å². The van der Waals surface area contributed by atoms with Crippen LogP contribution in [0.4, 0.5) is 0 Å². The number of rotatable bonds is 3. The van der Waals surface area contributed by atoms with E-state index in [4.69, 9.17) is 5.73 Å². The number of benzene rings is 1. The maximum absolute atomic E-state index is 12.2. The quantitative estimate of drug-likeness (QED) is 0.835. The van der Waals surface area contributed by atoms with Gasteiger partial charge in [-0.2, -0.15) is 0 Å². The first-order chi connectivity index (χ1) is 9.64. The normalized spacial score (nSPS) is 21.1. The Balaban J connectivity index is 1.89. The van der Waals surface area contributed by atoms with Gasteiger partial charge < -0.3 is 11.1 Å². The van der Waals surface area contributed by atoms with Crippen LogP contribution in [-0.2, 0) is 11.3 Å². The van der Waals surface area contributed by atoms with Crippen LogP contribution in [0.25, 0.3) is 0 Å². The molecule has 1 aliphatic heterocycles. The molecule has 0 radical (unpaired) electrons. The van der Waals surface area contributed by atoms with Crippen LogP contribution in [0.2, 0.25) is 0 Å². The van der Waals surface area contributed by atoms with Crippen LogP contribution < -0.4 is 11.1 Å². The van der Waals surface area contributed by atoms with Gasteiger partial charge in [0.1, 0.15) is 0 Å². The predicted octanol–water partition coefficient (Wildman–Crippen LogP) is 1.90. The standard InChI is InChI=1S/C16H20N2OS/c1-16(9-3-11-20-16)15(19)18-12-14-7-5-13(6-8-14)4-2-10-17/h5-8H,3,9-12,17H2,1H3,(H,18,19). The molecule has 3 nitrogen and oxygen atoms in total. The molecular weight excluding hydrogens is 268 g/mol. The molecule has 0 aromatic heterocycles. The fraction of sp³-hybridized carbons (Fsp3) is 0.438. The van der Waals surface area contributed by atoms with Crippen molar-refractivity contribution in [2.45, 2.75) is 31.1 Å². The van der Waals surface area contributed by atoms with Gasteiger partial charge in [-0.1, -0.05) is 24.0 Å². The summed E-state index contributed by atoms with van der Waals surface area (Å²) >= 11 is 1.76. The SMILES string of the molecule is CC1(C(=O)NCc2ccc(C#CCN)cc2)CCCS1. The smallest absolute Gasteiger partial charge is 0.236 e. The number of hydrogen-bond donors (Lipinski definition) is 2. The van der Waals surface area contributed by atoms with Crippen LogP contribution in [0.3, 0.4) is 0 Å². The zero-order valence-corrected chi connectivity index (χ0v) is 12.6. The highest BCUT2D eigenvalue weighted by atomic mass is 32.2. The van der Waals surface area contributed by atoms with E-state index in [1.165, 1.54) is 0 Å². The van der Waals surface area contributed by atoms with Crippen molar-refractivity contribution in [1.82, 2.24) is 5.32 Å². The van der Waals surface area contributed by atoms with Crippen molar-refractivity contribution in [3.63, 3.8) is 0 Å². The highest BCUT2D eigenvalue weighted by Crippen LogP contribution is 2.37. The molecule has 1 atom stereocenters. The topological polar surface area (TPSA) is 55.1 Å². The van der Waals surface area contributed by atoms with Crippen LogP contribution in [0.15, 0.2) is 24.3 Å². The molecule has 2 rings (SSSR count). The molecule has 0 bridgehead atoms. The summed E-state index contributed by atoms with van der Waals surface area (Å²) in [5.74, 6) is 7.03. The number of thioether (sulfide) groups is 1. The maximum atomic E-state index is 12.2. The third-order valence-corrected chi connectivity index (χ3v) is 4.96. The summed E-state index contributed by atoms with van der Waals surface area (Å²) in [6, 6.07) is 7.89. The Bertz CT molecular complexity index is 522. The van der Waals surface area contributed by atoms with Crippen LogP contribution in [-0.4, -0.2) is 23.0 Å². The summed E-state index contributed by atoms with van der Waals surface area (Å²) < 4.78 is -0.244. The molecule has 20 heavy (non-hydrogen) atoms. The number of hydrogen-bond acceptors (Lipinski definition) is 3. The van der Waals surface area contributed by atoms with E-state index in [2.05, 4.69) is 17.2 Å². The van der Waals surface area contributed by atoms with Crippen LogP contribution in [0, 0.1) is 11.8 Å². The summed E-state index contributed by atoms with van der Waals surface area (Å²) in [6.45, 7) is 2.97. The molecule has 1 fully saturated rings. The summed E-state index contributed by atoms with van der Waals surface area (Å²) in [6.07, 6.45) is 2.10. The summed E-state index contributed by atoms with van der Waals surface area (Å²) in [5.41, 5.74) is 7.37. The predicted molar refractivity (Wildman–Crippen MR) is 84.3 cm³/mol. The van der Waals surface area contributed by atoms with Gasteiger partial charge in [-0.25, -0.2) is 0 Å². The molecule has 1 heterocycles. The van der Waals surface area contributed by atoms with Crippen LogP contribution in [0.1, 0.15) is 30.9 Å². The molecule has 1 saturated heterocycles. The van der Waals surface area contributed by atoms with E-state index in [1.54, 1.807) is 11.8 Å². The first kappa shape index (κ1) is 15.0. The molecule has 4 heteroatoms. The minimum atomic E-state index is -0.244. The van der Waals surface area contributed by atoms with Crippen molar-refractivity contribution in [3.05, 3.63) is 35.4 Å². The van der Waals surface area contributed by atoms with Crippen molar-refractivity contribution in [2.75, 3.05) is 12.3 Å². The second-order valence-corrected chi connectivity index (χ2v) is 6.67. The van der Waals surface area contributed by atoms with Gasteiger partial charge in [-0.05, 0) is 43.2 Å². The van der Waals surface area contributed by atoms with E-state index < -0.39 is 0 Å². The van der Waals surface area contributed by atoms with Crippen molar-refractivity contribution >= 4 is 17.7 Å². The molecule has 1 aromatic carbocycles. The Morgan fingerprint density at radius 1 is 1.45 bits per heavy atom. The highest BCUT2D eigenvalue weighted by Gasteiger charge is 2.36. The van der Waals surface area contributed by atoms with Gasteiger partial charge in [0, 0.05) is 12.1 Å². The Kier molecular flexibility index (Phi) is 5.11. The summed E-state index contributed by atoms with van der Waals surface area (Å²) in [7, 11) is 0. The van der Waals surface area contributed by atoms with E-state index in [1.807, 2.05) is 31.2 Å². The zero-order valence-electron chi connectivity index (χ0n) is 11.7. The molecule has 1 aliphatic rings. The minimum absolute atomic E-state index is 0.145. The molecule has 106 valence electrons. The lowest BCUT2D eigenvalue weighted by Crippen LogP contribution is -2.39. The summed E-state index contributed by atoms with van der Waals surface area (Å²) in [5, 5.41) is 3.03. The third-order valence-electron chi connectivity index (χ3n) is 3.44. The van der Waals surface area contributed by atoms with E-state index in [-0.39, 0.29) is 10.7 Å². The fourth-order valence-electron chi connectivity index (χ4n) is 2.19. The lowest BCUT2D eigenvalue weighted by atomic mass is 10.0. The van der Waals surface area contributed by atoms with Crippen molar-refractivity contribution in [2.24, 2.45) is 5.73 Å². The lowest BCUT2D eigenvalue weighted by molar-refractivity contribution is -0.123. The number of carbonyl (C=O) groups is 1. The highest BCUT2D eigenvalue weighted by molar-refractivity contribution is 8.01. The van der Waals surface area contributed by atoms with Gasteiger partial charge in [0.15, 0.2) is 0 Å². The monoisotopic (exact) mass is 288 g/mol. The average molecular weight is 288 g/mol. The van der Waals surface area contributed by atoms with Gasteiger partial charge in [-0.3, -0.25) is 4.79 Å². The van der Waals surface area contributed by atoms with Gasteiger partial charge in [0.2, 0.25) is 5.91 Å². The fourth-order valence-corrected chi connectivity index (χ4v) is 3.42. The first-order valence-electron chi connectivity index (χ1n) is 6.84. The average Bonchev–Trinajstić information content (AvgIpc) is 2.92. The van der Waals surface area contributed by atoms with E-state index in [0.29, 0.717) is 13.1 Å². The first-order valence-corrected chi connectivity index (χ1v) is 7.83. The molecule has 0 spiro atoms. The lowest BCUT2D eigenvalue weighted by Gasteiger charge is -2.21. The van der Waals surface area contributed by atoms with Crippen LogP contribution >= 0.6 is 11.8 Å². The largest absolute Gasteiger partial charge is 0.351 e. The van der Waals surface area contributed by atoms with E-state index >= 15 is 0 Å². The molecule has 1 amide bonds. The molecule has 0 saturated carbocycles. The zero-order chi connectivity index (χ0) is 14.4. The molecule has 0 aliphatic carbocycles. The van der Waals surface area contributed by atoms with E-state index in [9.17, 15) is 4.79 Å². The van der Waals surface area contributed by atoms with Gasteiger partial charge in [0.05, 0.1) is 11.3 Å². The Morgan fingerprint density at radius 3 is 2.80 bits per heavy atom. The van der Waals surface area contributed by atoms with Crippen LogP contribution in [0.5, 0.6) is 0 Å². The second-order valence-electron chi connectivity index (χ2n) is 5.07. The number of amides is 1. The second kappa shape index (κ2) is 6.83. The Hall–Kier alpha value is -1.44. The molecular formula is C16H20N2OS. The maximum Gasteiger partial charge on any atom is 0.236 e. The van der Waals surface area contributed by atoms with Gasteiger partial charge >= 0.3 is 0 Å². The van der Waals surface area contributed by atoms with E-state index in [0.717, 1.165) is 29.7 Å². The number of nitrogens with one attached hydrogen (secondary N) is 1. The Morgan fingerprint density at radius 2 is 2.20 bits per heavy atom. The van der Waals surface area contributed by atoms with Gasteiger partial charge in [0.25, 0.3) is 0 Å². The molecule has 1 aromatic rings. The molecule has 1 unspecified atom stereocenters. The van der Waals surface area contributed by atoms with Crippen molar-refractivity contribution < 1.29 is 4.79 Å².